The number of amides is 1. The van der Waals surface area contributed by atoms with Crippen LogP contribution in [0.5, 0.6) is 0 Å². The molecule has 0 atom stereocenters. The highest BCUT2D eigenvalue weighted by atomic mass is 16.5. The van der Waals surface area contributed by atoms with E-state index in [0.29, 0.717) is 19.5 Å². The van der Waals surface area contributed by atoms with E-state index in [1.807, 2.05) is 0 Å². The lowest BCUT2D eigenvalue weighted by Gasteiger charge is -2.05. The Morgan fingerprint density at radius 1 is 0.840 bits per heavy atom. The molecule has 3 N–H and O–H groups in total. The second-order valence-electron chi connectivity index (χ2n) is 6.99. The monoisotopic (exact) mass is 354 g/mol. The van der Waals surface area contributed by atoms with E-state index < -0.39 is 0 Å². The van der Waals surface area contributed by atoms with Gasteiger partial charge < -0.3 is 16.0 Å². The van der Waals surface area contributed by atoms with E-state index in [-0.39, 0.29) is 5.91 Å². The summed E-state index contributed by atoms with van der Waals surface area (Å²) in [6.45, 7) is 3.43. The summed E-state index contributed by atoms with van der Waals surface area (Å²) in [5, 5.41) is 13.0. The van der Waals surface area contributed by atoms with Gasteiger partial charge in [-0.3, -0.25) is 4.79 Å². The molecule has 0 unspecified atom stereocenters. The lowest BCUT2D eigenvalue weighted by molar-refractivity contribution is -0.588. The van der Waals surface area contributed by atoms with Crippen molar-refractivity contribution in [3.8, 4) is 0 Å². The van der Waals surface area contributed by atoms with Crippen LogP contribution in [-0.2, 0) is 4.79 Å². The second-order valence-corrected chi connectivity index (χ2v) is 6.99. The Balaban J connectivity index is 3.17. The van der Waals surface area contributed by atoms with Crippen LogP contribution in [0.4, 0.5) is 0 Å². The zero-order valence-corrected chi connectivity index (χ0v) is 16.6. The average Bonchev–Trinajstić information content (AvgIpc) is 2.62. The maximum atomic E-state index is 11.5. The zero-order valence-electron chi connectivity index (χ0n) is 16.6. The summed E-state index contributed by atoms with van der Waals surface area (Å²) in [6.07, 6.45) is 22.7. The SMILES string of the molecule is CCCCCCCCC=CCCCCCCCC(=O)NCCC[NH2+][O-]. The van der Waals surface area contributed by atoms with E-state index in [1.54, 1.807) is 0 Å². The van der Waals surface area contributed by atoms with Crippen molar-refractivity contribution in [1.29, 1.82) is 0 Å². The van der Waals surface area contributed by atoms with Gasteiger partial charge in [0.05, 0.1) is 6.54 Å². The average molecular weight is 355 g/mol. The highest BCUT2D eigenvalue weighted by Gasteiger charge is 2.00. The smallest absolute Gasteiger partial charge is 0.219 e. The molecule has 0 aromatic rings. The molecular formula is C21H42N2O2. The second kappa shape index (κ2) is 21.2. The van der Waals surface area contributed by atoms with E-state index in [9.17, 15) is 10.0 Å². The molecule has 25 heavy (non-hydrogen) atoms. The van der Waals surface area contributed by atoms with Crippen LogP contribution in [0, 0.1) is 5.21 Å². The largest absolute Gasteiger partial charge is 0.636 e. The summed E-state index contributed by atoms with van der Waals surface area (Å²) in [7, 11) is 0. The van der Waals surface area contributed by atoms with Gasteiger partial charge in [-0.25, -0.2) is 0 Å². The summed E-state index contributed by atoms with van der Waals surface area (Å²) >= 11 is 0. The van der Waals surface area contributed by atoms with Gasteiger partial charge in [-0.1, -0.05) is 70.4 Å². The van der Waals surface area contributed by atoms with Crippen molar-refractivity contribution < 1.29 is 10.3 Å². The first kappa shape index (κ1) is 24.1. The van der Waals surface area contributed by atoms with Gasteiger partial charge in [0.1, 0.15) is 0 Å². The van der Waals surface area contributed by atoms with Crippen molar-refractivity contribution in [2.75, 3.05) is 13.1 Å². The van der Waals surface area contributed by atoms with E-state index >= 15 is 0 Å². The molecule has 0 aliphatic heterocycles. The molecule has 0 saturated heterocycles. The third-order valence-electron chi connectivity index (χ3n) is 4.49. The molecule has 1 amide bonds. The first-order valence-electron chi connectivity index (χ1n) is 10.7. The Hall–Kier alpha value is -0.870. The van der Waals surface area contributed by atoms with Gasteiger partial charge in [0.25, 0.3) is 0 Å². The van der Waals surface area contributed by atoms with Crippen LogP contribution in [0.1, 0.15) is 103 Å². The molecule has 0 aromatic carbocycles. The molecule has 0 saturated carbocycles. The molecule has 0 rings (SSSR count). The summed E-state index contributed by atoms with van der Waals surface area (Å²) in [5.74, 6) is 0.128. The molecule has 0 spiro atoms. The third-order valence-corrected chi connectivity index (χ3v) is 4.49. The van der Waals surface area contributed by atoms with E-state index in [1.165, 1.54) is 70.6 Å². The minimum atomic E-state index is 0.128. The summed E-state index contributed by atoms with van der Waals surface area (Å²) < 4.78 is 0. The highest BCUT2D eigenvalue weighted by molar-refractivity contribution is 5.75. The maximum absolute atomic E-state index is 11.5. The van der Waals surface area contributed by atoms with E-state index in [2.05, 4.69) is 24.4 Å². The number of carbonyl (C=O) groups is 1. The molecule has 0 aliphatic rings. The van der Waals surface area contributed by atoms with Crippen molar-refractivity contribution in [3.63, 3.8) is 0 Å². The Morgan fingerprint density at radius 2 is 1.40 bits per heavy atom. The number of nitrogens with two attached hydrogens (primary N) is 1. The highest BCUT2D eigenvalue weighted by Crippen LogP contribution is 2.09. The fraction of sp³-hybridized carbons (Fsp3) is 0.857. The van der Waals surface area contributed by atoms with Gasteiger partial charge in [0.2, 0.25) is 5.91 Å². The number of unbranched alkanes of at least 4 members (excludes halogenated alkanes) is 11. The molecule has 0 fully saturated rings. The van der Waals surface area contributed by atoms with Crippen LogP contribution in [0.2, 0.25) is 0 Å². The lowest BCUT2D eigenvalue weighted by Crippen LogP contribution is -2.77. The molecule has 0 bridgehead atoms. The summed E-state index contributed by atoms with van der Waals surface area (Å²) in [4.78, 5) is 11.5. The Kier molecular flexibility index (Phi) is 20.4. The van der Waals surface area contributed by atoms with E-state index in [0.717, 1.165) is 24.7 Å². The number of hydroxylamine groups is 1. The van der Waals surface area contributed by atoms with Crippen molar-refractivity contribution in [3.05, 3.63) is 17.4 Å². The fourth-order valence-corrected chi connectivity index (χ4v) is 2.86. The fourth-order valence-electron chi connectivity index (χ4n) is 2.86. The zero-order chi connectivity index (χ0) is 18.4. The molecule has 4 nitrogen and oxygen atoms in total. The van der Waals surface area contributed by atoms with Crippen LogP contribution in [0.3, 0.4) is 0 Å². The molecule has 0 aliphatic carbocycles. The molecule has 0 aromatic heterocycles. The van der Waals surface area contributed by atoms with Crippen LogP contribution >= 0.6 is 0 Å². The van der Waals surface area contributed by atoms with Gasteiger partial charge >= 0.3 is 0 Å². The van der Waals surface area contributed by atoms with Gasteiger partial charge in [0.15, 0.2) is 0 Å². The first-order chi connectivity index (χ1) is 12.3. The van der Waals surface area contributed by atoms with Crippen molar-refractivity contribution in [2.45, 2.75) is 103 Å². The number of carbonyl (C=O) groups excluding carboxylic acids is 1. The van der Waals surface area contributed by atoms with Crippen LogP contribution in [0.25, 0.3) is 0 Å². The Morgan fingerprint density at radius 3 is 2.00 bits per heavy atom. The minimum Gasteiger partial charge on any atom is -0.636 e. The van der Waals surface area contributed by atoms with Crippen molar-refractivity contribution >= 4 is 5.91 Å². The Labute approximate surface area is 155 Å². The first-order valence-corrected chi connectivity index (χ1v) is 10.7. The predicted octanol–water partition coefficient (Wildman–Crippen LogP) is 4.59. The van der Waals surface area contributed by atoms with E-state index in [4.69, 9.17) is 0 Å². The van der Waals surface area contributed by atoms with Crippen molar-refractivity contribution in [1.82, 2.24) is 5.32 Å². The van der Waals surface area contributed by atoms with Gasteiger partial charge in [0, 0.05) is 19.4 Å². The summed E-state index contributed by atoms with van der Waals surface area (Å²) in [6, 6.07) is 0. The number of quaternary nitrogens is 1. The predicted molar refractivity (Wildman–Crippen MR) is 107 cm³/mol. The number of hydrogen-bond acceptors (Lipinski definition) is 2. The molecule has 148 valence electrons. The standard InChI is InChI=1S/C21H42N2O2/c1-2-3-4-5-6-7-8-9-10-11-12-13-14-15-16-18-21(24)22-19-17-20-23-25/h9-10H,2-8,11-20,23H2,1H3,(H,22,24). The molecule has 0 heterocycles. The van der Waals surface area contributed by atoms with Crippen LogP contribution in [0.15, 0.2) is 12.2 Å². The topological polar surface area (TPSA) is 68.8 Å². The number of allylic oxidation sites excluding steroid dienone is 2. The van der Waals surface area contributed by atoms with Crippen molar-refractivity contribution in [2.24, 2.45) is 0 Å². The van der Waals surface area contributed by atoms with Crippen LogP contribution in [-0.4, -0.2) is 19.0 Å². The van der Waals surface area contributed by atoms with Gasteiger partial charge in [-0.15, -0.1) is 0 Å². The minimum absolute atomic E-state index is 0.128. The van der Waals surface area contributed by atoms with Gasteiger partial charge in [-0.2, -0.15) is 0 Å². The normalized spacial score (nSPS) is 11.3. The van der Waals surface area contributed by atoms with Crippen LogP contribution < -0.4 is 10.8 Å². The maximum Gasteiger partial charge on any atom is 0.219 e. The molecular weight excluding hydrogens is 312 g/mol. The quantitative estimate of drug-likeness (QED) is 0.202. The molecule has 4 heteroatoms. The van der Waals surface area contributed by atoms with Gasteiger partial charge in [-0.05, 0) is 32.1 Å². The molecule has 0 radical (unpaired) electrons. The number of hydrogen-bond donors (Lipinski definition) is 2. The third kappa shape index (κ3) is 21.1. The number of nitrogens with one attached hydrogen (secondary N) is 1. The Bertz CT molecular complexity index is 306. The lowest BCUT2D eigenvalue weighted by atomic mass is 10.1. The number of rotatable bonds is 19. The summed E-state index contributed by atoms with van der Waals surface area (Å²) in [5.41, 5.74) is 0.899.